The van der Waals surface area contributed by atoms with Gasteiger partial charge in [-0.3, -0.25) is 38.6 Å². The van der Waals surface area contributed by atoms with E-state index >= 15 is 0 Å². The van der Waals surface area contributed by atoms with Gasteiger partial charge in [0.05, 0.1) is 118 Å². The van der Waals surface area contributed by atoms with Gasteiger partial charge in [0.1, 0.15) is 31.5 Å². The summed E-state index contributed by atoms with van der Waals surface area (Å²) in [5.41, 5.74) is 32.2. The quantitative estimate of drug-likeness (QED) is 0.0158. The van der Waals surface area contributed by atoms with Crippen LogP contribution in [0.3, 0.4) is 0 Å². The molecule has 1 atom stereocenters. The molecular formula is C75H72Cl5F3IN22NaO2S3. The standard InChI is InChI=1S/C19H14F3N5OS.C12H9ClN4S.C11H7ClN4S.C10H9ClN4.C7H9N.C6H8N2.C5H11O.C4H2Cl2N2.CH3I.Na/c1-29-18-25-14-4-2-3-5-15(14)27(18)17-11-23-10-16(26-17)24-12-6-8-13(9-7-12)28-19(20,21)22;1-18-12-15-8-4-2-3-5-9(8)17(12)11-7-14-6-10(13)16-11;12-9-5-13-6-10(15-9)16-8-4-2-1-3-7(8)14-11(16)17;11-9-5-13-6-10(15-9)14-8-4-2-1-3-7(8)12;1-6-2-4-7(8)5-3-6;7-5-3-1-2-4-6(5)8;1-4-5(2,3)6;5-3-1-7-2-4(6)8-3;1-2;/h2-11H,1H3,(H,24,26);2-7H,1H3;1-6H,(H,14,17);1-6H,12H2,(H,14,15);2-5H,8H2,1H3;1-4H,7-8H2;4H2,1-3H3;1-2H;1H3;/q;;;;;;-1;;;+1/i;;;;;;;;1TD;. The molecule has 576 valence electrons. The van der Waals surface area contributed by atoms with Crippen molar-refractivity contribution in [2.45, 2.75) is 56.4 Å². The molecule has 0 radical (unpaired) electrons. The number of hydrogen-bond acceptors (Lipinski definition) is 23. The summed E-state index contributed by atoms with van der Waals surface area (Å²) in [4.78, 5) is 52.2. The van der Waals surface area contributed by atoms with Gasteiger partial charge in [-0.25, -0.2) is 34.9 Å². The first-order valence-electron chi connectivity index (χ1n) is 33.5. The number of nitrogen functional groups attached to an aromatic ring is 4. The number of halogens is 9. The van der Waals surface area contributed by atoms with E-state index in [4.69, 9.17) is 95.9 Å². The number of aryl methyl sites for hydroxylation is 1. The number of anilines is 8. The number of alkyl halides is 4. The van der Waals surface area contributed by atoms with Gasteiger partial charge in [0, 0.05) is 14.1 Å². The number of benzene rings is 7. The van der Waals surface area contributed by atoms with Crippen molar-refractivity contribution in [2.75, 3.05) is 51.0 Å². The van der Waals surface area contributed by atoms with E-state index in [1.54, 1.807) is 91.2 Å². The zero-order valence-corrected chi connectivity index (χ0v) is 71.1. The van der Waals surface area contributed by atoms with Crippen LogP contribution in [-0.2, 0) is 0 Å². The van der Waals surface area contributed by atoms with Crippen LogP contribution in [0.15, 0.2) is 242 Å². The van der Waals surface area contributed by atoms with E-state index in [0.717, 1.165) is 54.8 Å². The van der Waals surface area contributed by atoms with Crippen molar-refractivity contribution in [3.8, 4) is 23.2 Å². The van der Waals surface area contributed by atoms with Crippen molar-refractivity contribution < 1.29 is 55.3 Å². The number of nitrogens with two attached hydrogens (primary N) is 4. The van der Waals surface area contributed by atoms with Crippen molar-refractivity contribution in [1.29, 1.82) is 0 Å². The molecule has 0 bridgehead atoms. The number of aromatic nitrogens is 16. The Labute approximate surface area is 720 Å². The molecule has 0 spiro atoms. The minimum Gasteiger partial charge on any atom is -0.850 e. The molecule has 15 rings (SSSR count). The Bertz CT molecular complexity index is 5500. The summed E-state index contributed by atoms with van der Waals surface area (Å²) in [6.45, 7) is 7.31. The van der Waals surface area contributed by atoms with Crippen molar-refractivity contribution in [3.63, 3.8) is 0 Å². The summed E-state index contributed by atoms with van der Waals surface area (Å²) in [6, 6.07) is 51.3. The molecule has 1 unspecified atom stereocenters. The molecule has 112 heavy (non-hydrogen) atoms. The van der Waals surface area contributed by atoms with Gasteiger partial charge < -0.3 is 48.4 Å². The molecule has 8 aromatic heterocycles. The van der Waals surface area contributed by atoms with Gasteiger partial charge in [0.2, 0.25) is 0 Å². The zero-order valence-electron chi connectivity index (χ0n) is 62.7. The minimum atomic E-state index is -4.72. The molecule has 11 N–H and O–H groups in total. The average Bonchev–Trinajstić information content (AvgIpc) is 1.64. The molecule has 0 aliphatic carbocycles. The molecule has 24 nitrogen and oxygen atoms in total. The van der Waals surface area contributed by atoms with Crippen LogP contribution in [0.1, 0.15) is 35.5 Å². The zero-order chi connectivity index (χ0) is 82.2. The molecule has 37 heteroatoms. The molecular weight excluding hydrogens is 1720 g/mol. The van der Waals surface area contributed by atoms with Gasteiger partial charge in [-0.1, -0.05) is 210 Å². The number of nitrogens with zero attached hydrogens (tertiary/aromatic N) is 15. The van der Waals surface area contributed by atoms with E-state index in [1.165, 1.54) is 78.8 Å². The molecule has 0 aliphatic heterocycles. The molecule has 0 aliphatic rings. The second-order valence-corrected chi connectivity index (χ2v) is 26.6. The summed E-state index contributed by atoms with van der Waals surface area (Å²) in [5, 5.41) is 19.9. The Hall–Kier alpha value is -9.20. The van der Waals surface area contributed by atoms with Crippen molar-refractivity contribution >= 4 is 195 Å². The second kappa shape index (κ2) is 46.1. The third-order valence-electron chi connectivity index (χ3n) is 14.2. The molecule has 7 aromatic carbocycles. The van der Waals surface area contributed by atoms with Gasteiger partial charge in [-0.2, -0.15) is 0 Å². The van der Waals surface area contributed by atoms with Gasteiger partial charge in [0.25, 0.3) is 0 Å². The summed E-state index contributed by atoms with van der Waals surface area (Å²) >= 11 is 38.2. The second-order valence-electron chi connectivity index (χ2n) is 22.7. The molecule has 0 amide bonds. The van der Waals surface area contributed by atoms with E-state index in [0.29, 0.717) is 88.8 Å². The van der Waals surface area contributed by atoms with Crippen LogP contribution in [0.4, 0.5) is 58.9 Å². The summed E-state index contributed by atoms with van der Waals surface area (Å²) in [5.74, 6) is 2.58. The number of rotatable bonds is 11. The van der Waals surface area contributed by atoms with E-state index in [1.807, 2.05) is 167 Å². The normalized spacial score (nSPS) is 10.9. The number of para-hydroxylation sites is 10. The Morgan fingerprint density at radius 3 is 1.36 bits per heavy atom. The topological polar surface area (TPSA) is 346 Å². The first kappa shape index (κ1) is 88.4. The van der Waals surface area contributed by atoms with E-state index in [-0.39, 0.29) is 35.3 Å². The molecule has 8 heterocycles. The molecule has 0 saturated heterocycles. The van der Waals surface area contributed by atoms with Crippen molar-refractivity contribution in [3.05, 3.63) is 268 Å². The van der Waals surface area contributed by atoms with Gasteiger partial charge in [-0.15, -0.1) is 18.8 Å². The van der Waals surface area contributed by atoms with Crippen LogP contribution in [0.25, 0.3) is 50.6 Å². The number of H-pyrrole nitrogens is 1. The largest absolute Gasteiger partial charge is 1.00 e. The monoisotopic (exact) mass is 1790 g/mol. The number of thioether (sulfide) groups is 2. The number of fused-ring (bicyclic) bond motifs is 3. The summed E-state index contributed by atoms with van der Waals surface area (Å²) in [6.07, 6.45) is 15.3. The van der Waals surface area contributed by atoms with E-state index in [2.05, 4.69) is 80.2 Å². The average molecular weight is 1800 g/mol. The van der Waals surface area contributed by atoms with E-state index in [9.17, 15) is 18.3 Å². The van der Waals surface area contributed by atoms with Crippen LogP contribution in [0.2, 0.25) is 25.8 Å². The fourth-order valence-electron chi connectivity index (χ4n) is 8.85. The van der Waals surface area contributed by atoms with Crippen LogP contribution < -0.4 is 73.0 Å². The predicted molar refractivity (Wildman–Crippen MR) is 456 cm³/mol. The van der Waals surface area contributed by atoms with E-state index < -0.39 is 16.8 Å². The van der Waals surface area contributed by atoms with Crippen LogP contribution in [0.5, 0.6) is 5.75 Å². The maximum Gasteiger partial charge on any atom is 1.00 e. The third kappa shape index (κ3) is 29.7. The van der Waals surface area contributed by atoms with Crippen molar-refractivity contribution in [1.82, 2.24) is 78.5 Å². The molecule has 0 fully saturated rings. The smallest absolute Gasteiger partial charge is 0.850 e. The first-order valence-corrected chi connectivity index (χ1v) is 38.4. The number of nitrogens with one attached hydrogen (secondary N) is 3. The Balaban J connectivity index is 0.000000211. The SMILES string of the molecule is CCC(C)(C)[O-].CSc1nc2ccccc2n1-c1cncc(Cl)n1.CSc1nc2ccccc2n1-c1cncc(Nc2ccc(OC(F)(F)F)cc2)n1.Cc1ccc(N)cc1.Clc1cncc(Cl)n1.Nc1ccccc1N.Nc1ccccc1Nc1cncc(Cl)n1.S=c1[nH]c2ccccc2n1-c1cncc(Cl)n1.[2H]C([3H])I.[Na+]. The molecule has 15 aromatic rings. The Kier molecular flexibility index (Phi) is 36.4. The Morgan fingerprint density at radius 1 is 0.536 bits per heavy atom. The summed E-state index contributed by atoms with van der Waals surface area (Å²) < 4.78 is 59.4. The Morgan fingerprint density at radius 2 is 0.929 bits per heavy atom. The predicted octanol–water partition coefficient (Wildman–Crippen LogP) is 16.8. The van der Waals surface area contributed by atoms with Gasteiger partial charge >= 0.3 is 35.9 Å². The number of ether oxygens (including phenoxy) is 1. The summed E-state index contributed by atoms with van der Waals surface area (Å²) in [7, 11) is 0. The minimum absolute atomic E-state index is 0. The number of aromatic amines is 1. The third-order valence-corrected chi connectivity index (χ3v) is 16.7. The fraction of sp³-hybridized carbons (Fsp3) is 0.133. The molecule has 0 saturated carbocycles. The maximum absolute atomic E-state index is 12.3. The van der Waals surface area contributed by atoms with Crippen LogP contribution >= 0.6 is 116 Å². The number of imidazole rings is 3. The maximum atomic E-state index is 12.3. The number of hydrogen-bond donors (Lipinski definition) is 7. The fourth-order valence-corrected chi connectivity index (χ4v) is 11.0. The van der Waals surface area contributed by atoms with Gasteiger partial charge in [-0.05, 0) is 134 Å². The first-order chi connectivity index (χ1) is 53.9. The van der Waals surface area contributed by atoms with Crippen molar-refractivity contribution in [2.24, 2.45) is 0 Å². The van der Waals surface area contributed by atoms with Crippen LogP contribution in [-0.4, -0.2) is 108 Å². The van der Waals surface area contributed by atoms with Crippen LogP contribution in [0, 0.1) is 11.7 Å². The van der Waals surface area contributed by atoms with Gasteiger partial charge in [0.15, 0.2) is 44.2 Å².